The molecule has 2 N–H and O–H groups in total. The summed E-state index contributed by atoms with van der Waals surface area (Å²) in [4.78, 5) is 2.10. The van der Waals surface area contributed by atoms with Crippen molar-refractivity contribution < 1.29 is 4.58 Å². The first-order valence-corrected chi connectivity index (χ1v) is 4.62. The monoisotopic (exact) mass is 176 g/mol. The quantitative estimate of drug-likeness (QED) is 0.361. The van der Waals surface area contributed by atoms with E-state index in [2.05, 4.69) is 9.48 Å². The van der Waals surface area contributed by atoms with Crippen molar-refractivity contribution in [2.75, 3.05) is 40.5 Å². The minimum absolute atomic E-state index is 0.732. The van der Waals surface area contributed by atoms with Crippen molar-refractivity contribution in [1.82, 2.24) is 4.90 Å². The molecular weight excluding hydrogens is 158 g/mol. The van der Waals surface area contributed by atoms with Crippen molar-refractivity contribution in [3.8, 4) is 0 Å². The summed E-state index contributed by atoms with van der Waals surface area (Å²) in [6, 6.07) is 0. The van der Waals surface area contributed by atoms with Crippen molar-refractivity contribution in [1.29, 1.82) is 0 Å². The summed E-state index contributed by atoms with van der Waals surface area (Å²) in [5.74, 6) is 0.978. The summed E-state index contributed by atoms with van der Waals surface area (Å²) in [5.41, 5.74) is 5.41. The molecule has 66 valence electrons. The van der Waals surface area contributed by atoms with Gasteiger partial charge in [-0.1, -0.05) is 0 Å². The number of nitrogens with two attached hydrogens (primary N) is 1. The lowest BCUT2D eigenvalue weighted by molar-refractivity contribution is -0.466. The molecule has 0 unspecified atom stereocenters. The molecule has 0 radical (unpaired) electrons. The fourth-order valence-electron chi connectivity index (χ4n) is 0.808. The molecule has 0 atom stereocenters. The summed E-state index contributed by atoms with van der Waals surface area (Å²) in [6.45, 7) is 0.732. The first-order chi connectivity index (χ1) is 5.09. The van der Waals surface area contributed by atoms with Gasteiger partial charge in [0, 0.05) is 12.3 Å². The Hall–Kier alpha value is -0.220. The van der Waals surface area contributed by atoms with E-state index in [9.17, 15) is 0 Å². The second-order valence-electron chi connectivity index (χ2n) is 2.71. The third kappa shape index (κ3) is 4.27. The third-order valence-electron chi connectivity index (χ3n) is 1.11. The molecule has 0 aromatic heterocycles. The Balaban J connectivity index is 4.03. The SMILES string of the molecule is CN(C)C(SCCN)=[N+](C)C. The van der Waals surface area contributed by atoms with Gasteiger partial charge in [-0.15, -0.1) is 0 Å². The summed E-state index contributed by atoms with van der Waals surface area (Å²) in [7, 11) is 8.16. The Labute approximate surface area is 73.3 Å². The van der Waals surface area contributed by atoms with Gasteiger partial charge in [0.25, 0.3) is 0 Å². The van der Waals surface area contributed by atoms with Crippen LogP contribution < -0.4 is 5.73 Å². The van der Waals surface area contributed by atoms with Gasteiger partial charge in [0.05, 0.1) is 28.2 Å². The van der Waals surface area contributed by atoms with Gasteiger partial charge in [0.2, 0.25) is 0 Å². The van der Waals surface area contributed by atoms with E-state index in [0.29, 0.717) is 0 Å². The van der Waals surface area contributed by atoms with Crippen LogP contribution in [0, 0.1) is 0 Å². The van der Waals surface area contributed by atoms with Crippen LogP contribution in [0.25, 0.3) is 0 Å². The largest absolute Gasteiger partial charge is 0.330 e. The van der Waals surface area contributed by atoms with E-state index in [0.717, 1.165) is 12.3 Å². The molecule has 0 aliphatic carbocycles. The Morgan fingerprint density at radius 2 is 2.00 bits per heavy atom. The van der Waals surface area contributed by atoms with Crippen molar-refractivity contribution >= 4 is 16.9 Å². The van der Waals surface area contributed by atoms with Gasteiger partial charge < -0.3 is 5.73 Å². The van der Waals surface area contributed by atoms with Crippen LogP contribution in [0.4, 0.5) is 0 Å². The Kier molecular flexibility index (Phi) is 5.32. The van der Waals surface area contributed by atoms with Gasteiger partial charge >= 0.3 is 5.17 Å². The third-order valence-corrected chi connectivity index (χ3v) is 2.54. The molecule has 0 amide bonds. The lowest BCUT2D eigenvalue weighted by atomic mass is 10.8. The summed E-state index contributed by atoms with van der Waals surface area (Å²) < 4.78 is 2.10. The smallest absolute Gasteiger partial charge is 0.307 e. The zero-order valence-electron chi connectivity index (χ0n) is 7.79. The van der Waals surface area contributed by atoms with Gasteiger partial charge in [-0.25, -0.2) is 0 Å². The van der Waals surface area contributed by atoms with Crippen molar-refractivity contribution in [2.45, 2.75) is 0 Å². The molecule has 0 heterocycles. The predicted octanol–water partition coefficient (Wildman–Crippen LogP) is -0.132. The zero-order valence-corrected chi connectivity index (χ0v) is 8.61. The molecule has 3 nitrogen and oxygen atoms in total. The number of amidine groups is 1. The summed E-state index contributed by atoms with van der Waals surface area (Å²) in [6.07, 6.45) is 0. The molecule has 0 saturated carbocycles. The standard InChI is InChI=1S/C7H18N3S/c1-9(2)7(10(3)4)11-6-5-8/h5-6,8H2,1-4H3/q+1. The second kappa shape index (κ2) is 5.43. The van der Waals surface area contributed by atoms with E-state index in [1.165, 1.54) is 5.17 Å². The Bertz CT molecular complexity index is 139. The van der Waals surface area contributed by atoms with Crippen LogP contribution in [0.15, 0.2) is 0 Å². The molecule has 0 saturated heterocycles. The minimum Gasteiger partial charge on any atom is -0.330 e. The number of hydrogen-bond donors (Lipinski definition) is 1. The van der Waals surface area contributed by atoms with E-state index in [4.69, 9.17) is 5.73 Å². The zero-order chi connectivity index (χ0) is 8.85. The van der Waals surface area contributed by atoms with Crippen LogP contribution >= 0.6 is 11.8 Å². The van der Waals surface area contributed by atoms with Crippen LogP contribution in [-0.4, -0.2) is 55.1 Å². The van der Waals surface area contributed by atoms with E-state index in [1.54, 1.807) is 11.8 Å². The van der Waals surface area contributed by atoms with Gasteiger partial charge in [-0.3, -0.25) is 9.48 Å². The fraction of sp³-hybridized carbons (Fsp3) is 0.857. The normalized spacial score (nSPS) is 9.55. The highest BCUT2D eigenvalue weighted by molar-refractivity contribution is 8.13. The average Bonchev–Trinajstić information content (AvgIpc) is 1.87. The molecule has 0 spiro atoms. The second-order valence-corrected chi connectivity index (χ2v) is 3.77. The number of nitrogens with zero attached hydrogens (tertiary/aromatic N) is 2. The fourth-order valence-corrected chi connectivity index (χ4v) is 1.63. The van der Waals surface area contributed by atoms with E-state index in [-0.39, 0.29) is 0 Å². The first kappa shape index (κ1) is 10.8. The van der Waals surface area contributed by atoms with Crippen LogP contribution in [0.2, 0.25) is 0 Å². The molecule has 0 rings (SSSR count). The first-order valence-electron chi connectivity index (χ1n) is 3.64. The lowest BCUT2D eigenvalue weighted by Gasteiger charge is -2.09. The topological polar surface area (TPSA) is 32.3 Å². The molecular formula is C7H18N3S+. The van der Waals surface area contributed by atoms with E-state index in [1.807, 2.05) is 28.2 Å². The molecule has 4 heteroatoms. The molecule has 0 aliphatic rings. The predicted molar refractivity (Wildman–Crippen MR) is 52.3 cm³/mol. The molecule has 0 aliphatic heterocycles. The Morgan fingerprint density at radius 3 is 2.27 bits per heavy atom. The maximum Gasteiger partial charge on any atom is 0.307 e. The van der Waals surface area contributed by atoms with Gasteiger partial charge in [-0.05, 0) is 11.8 Å². The van der Waals surface area contributed by atoms with Crippen molar-refractivity contribution in [2.24, 2.45) is 5.73 Å². The summed E-state index contributed by atoms with van der Waals surface area (Å²) in [5, 5.41) is 1.25. The van der Waals surface area contributed by atoms with Crippen LogP contribution in [0.3, 0.4) is 0 Å². The number of rotatable bonds is 2. The maximum atomic E-state index is 5.41. The minimum atomic E-state index is 0.732. The van der Waals surface area contributed by atoms with Gasteiger partial charge in [-0.2, -0.15) is 0 Å². The molecule has 11 heavy (non-hydrogen) atoms. The number of hydrogen-bond acceptors (Lipinski definition) is 2. The van der Waals surface area contributed by atoms with Crippen LogP contribution in [0.1, 0.15) is 0 Å². The molecule has 0 bridgehead atoms. The van der Waals surface area contributed by atoms with Gasteiger partial charge in [0.15, 0.2) is 0 Å². The van der Waals surface area contributed by atoms with Gasteiger partial charge in [0.1, 0.15) is 0 Å². The van der Waals surface area contributed by atoms with E-state index >= 15 is 0 Å². The lowest BCUT2D eigenvalue weighted by Crippen LogP contribution is -2.27. The van der Waals surface area contributed by atoms with Crippen molar-refractivity contribution in [3.05, 3.63) is 0 Å². The molecule has 0 fully saturated rings. The van der Waals surface area contributed by atoms with Crippen LogP contribution in [0.5, 0.6) is 0 Å². The highest BCUT2D eigenvalue weighted by atomic mass is 32.2. The van der Waals surface area contributed by atoms with Crippen molar-refractivity contribution in [3.63, 3.8) is 0 Å². The average molecular weight is 176 g/mol. The number of thioether (sulfide) groups is 1. The van der Waals surface area contributed by atoms with Crippen LogP contribution in [-0.2, 0) is 0 Å². The highest BCUT2D eigenvalue weighted by Gasteiger charge is 2.10. The molecule has 0 aromatic carbocycles. The maximum absolute atomic E-state index is 5.41. The molecule has 0 aromatic rings. The highest BCUT2D eigenvalue weighted by Crippen LogP contribution is 2.03. The Morgan fingerprint density at radius 1 is 1.45 bits per heavy atom. The summed E-state index contributed by atoms with van der Waals surface area (Å²) >= 11 is 1.78. The van der Waals surface area contributed by atoms with E-state index < -0.39 is 0 Å².